The molecule has 1 saturated heterocycles. The smallest absolute Gasteiger partial charge is 0.167 e. The summed E-state index contributed by atoms with van der Waals surface area (Å²) in [6.45, 7) is -0.869. The van der Waals surface area contributed by atoms with E-state index in [2.05, 4.69) is 15.0 Å². The molecule has 0 aliphatic carbocycles. The molecule has 0 saturated carbocycles. The molecule has 0 unspecified atom stereocenters. The maximum absolute atomic E-state index is 10.2. The van der Waals surface area contributed by atoms with Gasteiger partial charge in [-0.1, -0.05) is 0 Å². The summed E-state index contributed by atoms with van der Waals surface area (Å²) in [6, 6.07) is 0. The first-order valence-electron chi connectivity index (χ1n) is 6.84. The number of hydrogen-bond acceptors (Lipinski definition) is 8. The third kappa shape index (κ3) is 1.75. The molecule has 19 heavy (non-hydrogen) atoms. The normalized spacial score (nSPS) is 45.0. The van der Waals surface area contributed by atoms with Crippen molar-refractivity contribution in [1.29, 1.82) is 0 Å². The Morgan fingerprint density at radius 2 is 2.16 bits per heavy atom. The lowest BCUT2D eigenvalue weighted by molar-refractivity contribution is -0.0511. The summed E-state index contributed by atoms with van der Waals surface area (Å²) in [5, 5.41) is 29.4. The Bertz CT molecular complexity index is 738. The van der Waals surface area contributed by atoms with Crippen molar-refractivity contribution in [3.63, 3.8) is 0 Å². The Morgan fingerprint density at radius 1 is 1.37 bits per heavy atom. The van der Waals surface area contributed by atoms with Crippen LogP contribution >= 0.6 is 0 Å². The van der Waals surface area contributed by atoms with Crippen LogP contribution in [0.5, 0.6) is 0 Å². The first kappa shape index (κ1) is 9.15. The molecular formula is C10H13N5O4. The number of nitrogens with two attached hydrogens (primary N) is 1. The molecular weight excluding hydrogens is 254 g/mol. The maximum atomic E-state index is 10.2. The van der Waals surface area contributed by atoms with Crippen molar-refractivity contribution >= 4 is 17.0 Å². The summed E-state index contributed by atoms with van der Waals surface area (Å²) in [7, 11) is 0. The highest BCUT2D eigenvalue weighted by Crippen LogP contribution is 2.31. The minimum Gasteiger partial charge on any atom is -0.394 e. The van der Waals surface area contributed by atoms with Gasteiger partial charge in [0.05, 0.1) is 17.0 Å². The Labute approximate surface area is 111 Å². The Hall–Kier alpha value is -1.81. The molecule has 1 aliphatic rings. The lowest BCUT2D eigenvalue weighted by atomic mass is 10.1. The Kier molecular flexibility index (Phi) is 2.11. The summed E-state index contributed by atoms with van der Waals surface area (Å²) in [6.07, 6.45) is -8.32. The number of imidazole rings is 1. The molecule has 0 radical (unpaired) electrons. The number of ether oxygens (including phenoxy) is 1. The van der Waals surface area contributed by atoms with Gasteiger partial charge in [0.2, 0.25) is 0 Å². The fraction of sp³-hybridized carbons (Fsp3) is 0.500. The molecule has 1 fully saturated rings. The van der Waals surface area contributed by atoms with Crippen molar-refractivity contribution in [2.24, 2.45) is 0 Å². The lowest BCUT2D eigenvalue weighted by Crippen LogP contribution is -2.33. The molecule has 1 aliphatic heterocycles. The predicted octanol–water partition coefficient (Wildman–Crippen LogP) is -1.98. The second kappa shape index (κ2) is 4.38. The van der Waals surface area contributed by atoms with Crippen LogP contribution in [0.25, 0.3) is 11.2 Å². The largest absolute Gasteiger partial charge is 0.394 e. The van der Waals surface area contributed by atoms with Crippen LogP contribution < -0.4 is 5.73 Å². The van der Waals surface area contributed by atoms with E-state index in [0.717, 1.165) is 17.2 Å². The number of fused-ring (bicyclic) bond motifs is 1. The van der Waals surface area contributed by atoms with Gasteiger partial charge in [0.15, 0.2) is 17.7 Å². The van der Waals surface area contributed by atoms with Gasteiger partial charge in [-0.25, -0.2) is 15.0 Å². The van der Waals surface area contributed by atoms with E-state index in [-0.39, 0.29) is 17.0 Å². The van der Waals surface area contributed by atoms with E-state index in [1.54, 1.807) is 0 Å². The van der Waals surface area contributed by atoms with E-state index in [0.29, 0.717) is 0 Å². The topological polar surface area (TPSA) is 140 Å². The van der Waals surface area contributed by atoms with Gasteiger partial charge in [-0.15, -0.1) is 0 Å². The number of hydrogen-bond donors (Lipinski definition) is 4. The number of rotatable bonds is 2. The Balaban J connectivity index is 2.23. The molecule has 0 bridgehead atoms. The lowest BCUT2D eigenvalue weighted by Gasteiger charge is -2.16. The Morgan fingerprint density at radius 3 is 2.84 bits per heavy atom. The molecule has 3 rings (SSSR count). The average molecular weight is 270 g/mol. The first-order chi connectivity index (χ1) is 10.2. The molecule has 102 valence electrons. The number of aliphatic hydroxyl groups is 3. The predicted molar refractivity (Wildman–Crippen MR) is 62.7 cm³/mol. The maximum Gasteiger partial charge on any atom is 0.167 e. The van der Waals surface area contributed by atoms with Crippen molar-refractivity contribution in [2.75, 3.05) is 12.3 Å². The van der Waals surface area contributed by atoms with Gasteiger partial charge in [-0.2, -0.15) is 0 Å². The van der Waals surface area contributed by atoms with Crippen LogP contribution in [-0.4, -0.2) is 59.7 Å². The van der Waals surface area contributed by atoms with Crippen molar-refractivity contribution in [1.82, 2.24) is 19.5 Å². The number of nitrogens with zero attached hydrogens (tertiary/aromatic N) is 4. The molecule has 9 nitrogen and oxygen atoms in total. The highest BCUT2D eigenvalue weighted by atomic mass is 16.6. The third-order valence-electron chi connectivity index (χ3n) is 2.75. The van der Waals surface area contributed by atoms with Gasteiger partial charge in [-0.3, -0.25) is 4.57 Å². The van der Waals surface area contributed by atoms with Crippen molar-refractivity contribution in [2.45, 2.75) is 24.5 Å². The summed E-state index contributed by atoms with van der Waals surface area (Å²) in [5.41, 5.74) is 5.70. The summed E-state index contributed by atoms with van der Waals surface area (Å²) < 4.78 is 29.7. The quantitative estimate of drug-likeness (QED) is 0.492. The highest BCUT2D eigenvalue weighted by Gasteiger charge is 2.43. The second-order valence-corrected chi connectivity index (χ2v) is 3.87. The molecule has 9 heteroatoms. The fourth-order valence-corrected chi connectivity index (χ4v) is 1.80. The van der Waals surface area contributed by atoms with E-state index in [9.17, 15) is 10.2 Å². The molecule has 5 N–H and O–H groups in total. The van der Waals surface area contributed by atoms with Crippen LogP contribution in [0.3, 0.4) is 0 Å². The monoisotopic (exact) mass is 270 g/mol. The van der Waals surface area contributed by atoms with E-state index in [4.69, 9.17) is 19.7 Å². The minimum absolute atomic E-state index is 0.0127. The van der Waals surface area contributed by atoms with Crippen LogP contribution in [0.1, 0.15) is 10.3 Å². The zero-order valence-electron chi connectivity index (χ0n) is 12.6. The zero-order chi connectivity index (χ0) is 16.3. The number of anilines is 1. The van der Waals surface area contributed by atoms with Crippen LogP contribution in [0.15, 0.2) is 12.7 Å². The molecule has 3 heterocycles. The molecule has 2 aromatic rings. The van der Waals surface area contributed by atoms with E-state index < -0.39 is 31.1 Å². The van der Waals surface area contributed by atoms with Crippen LogP contribution in [0, 0.1) is 0 Å². The minimum atomic E-state index is -3.14. The molecule has 0 aromatic carbocycles. The van der Waals surface area contributed by atoms with Gasteiger partial charge >= 0.3 is 0 Å². The molecule has 4 atom stereocenters. The van der Waals surface area contributed by atoms with Crippen molar-refractivity contribution in [3.8, 4) is 0 Å². The third-order valence-corrected chi connectivity index (χ3v) is 2.75. The number of nitrogen functional groups attached to an aromatic ring is 1. The highest BCUT2D eigenvalue weighted by molar-refractivity contribution is 5.81. The standard InChI is InChI=1S/C10H13N5O4/c11-8-5-9(13-2-12-8)15(3-14-5)10-7(18)6(17)4(1-16)19-10/h2-4,6-7,10,16-18H,1H2,(H2,11,12,13)/t4-,6-,7-,10-/m1/s1/i6D,7D,10D. The van der Waals surface area contributed by atoms with Crippen LogP contribution in [0.4, 0.5) is 5.82 Å². The van der Waals surface area contributed by atoms with Gasteiger partial charge < -0.3 is 25.8 Å². The number of aliphatic hydroxyl groups excluding tert-OH is 1. The summed E-state index contributed by atoms with van der Waals surface area (Å²) >= 11 is 0. The van der Waals surface area contributed by atoms with E-state index in [1.807, 2.05) is 0 Å². The molecule has 0 spiro atoms. The van der Waals surface area contributed by atoms with Crippen molar-refractivity contribution < 1.29 is 24.2 Å². The van der Waals surface area contributed by atoms with Crippen LogP contribution in [0.2, 0.25) is 0 Å². The van der Waals surface area contributed by atoms with Crippen molar-refractivity contribution in [3.05, 3.63) is 12.7 Å². The van der Waals surface area contributed by atoms with Gasteiger partial charge in [-0.05, 0) is 0 Å². The SMILES string of the molecule is [2H][C@]1(O)[C@]([2H])(n2cnc3c(N)ncnc32)O[C@H](CO)[C@@]1([2H])O. The van der Waals surface area contributed by atoms with Gasteiger partial charge in [0.1, 0.15) is 30.1 Å². The average Bonchev–Trinajstić information content (AvgIpc) is 2.94. The molecule has 0 amide bonds. The van der Waals surface area contributed by atoms with E-state index >= 15 is 0 Å². The molecule has 2 aromatic heterocycles. The second-order valence-electron chi connectivity index (χ2n) is 3.87. The first-order valence-corrected chi connectivity index (χ1v) is 5.34. The van der Waals surface area contributed by atoms with Gasteiger partial charge in [0, 0.05) is 0 Å². The number of aromatic nitrogens is 4. The van der Waals surface area contributed by atoms with Crippen LogP contribution in [-0.2, 0) is 4.74 Å². The zero-order valence-corrected chi connectivity index (χ0v) is 9.56. The summed E-state index contributed by atoms with van der Waals surface area (Å²) in [5.74, 6) is 0.0127. The van der Waals surface area contributed by atoms with E-state index in [1.165, 1.54) is 0 Å². The summed E-state index contributed by atoms with van der Waals surface area (Å²) in [4.78, 5) is 11.5. The fourth-order valence-electron chi connectivity index (χ4n) is 1.80. The van der Waals surface area contributed by atoms with Gasteiger partial charge in [0.25, 0.3) is 0 Å².